The van der Waals surface area contributed by atoms with Crippen LogP contribution >= 0.6 is 0 Å². The number of nitrogens with one attached hydrogen (secondary N) is 1. The van der Waals surface area contributed by atoms with Crippen molar-refractivity contribution in [2.75, 3.05) is 7.11 Å². The maximum atomic E-state index is 13.2. The molecule has 1 heterocycles. The van der Waals surface area contributed by atoms with E-state index in [4.69, 9.17) is 10.00 Å². The van der Waals surface area contributed by atoms with E-state index >= 15 is 0 Å². The van der Waals surface area contributed by atoms with Crippen molar-refractivity contribution in [3.8, 4) is 11.8 Å². The summed E-state index contributed by atoms with van der Waals surface area (Å²) < 4.78 is 18.4. The van der Waals surface area contributed by atoms with E-state index in [2.05, 4.69) is 10.3 Å². The molecule has 0 fully saturated rings. The lowest BCUT2D eigenvalue weighted by molar-refractivity contribution is 0.0931. The molecule has 0 saturated heterocycles. The lowest BCUT2D eigenvalue weighted by Crippen LogP contribution is -2.30. The Morgan fingerprint density at radius 1 is 1.14 bits per heavy atom. The molecule has 2 aromatic carbocycles. The first-order valence-corrected chi connectivity index (χ1v) is 9.07. The number of methoxy groups -OCH3 is 1. The Hall–Kier alpha value is -3.72. The number of hydrogen-bond donors (Lipinski definition) is 1. The Morgan fingerprint density at radius 2 is 1.83 bits per heavy atom. The third-order valence-electron chi connectivity index (χ3n) is 4.62. The Bertz CT molecular complexity index is 1040. The number of aromatic nitrogens is 1. The molecule has 3 aromatic rings. The number of ether oxygens (including phenoxy) is 1. The minimum Gasteiger partial charge on any atom is -0.497 e. The molecule has 5 nitrogen and oxygen atoms in total. The van der Waals surface area contributed by atoms with Crippen LogP contribution in [0.25, 0.3) is 0 Å². The number of carbonyl (C=O) groups excluding carboxylic acids is 1. The molecule has 0 spiro atoms. The van der Waals surface area contributed by atoms with Crippen LogP contribution in [0.15, 0.2) is 60.7 Å². The zero-order valence-corrected chi connectivity index (χ0v) is 16.1. The smallest absolute Gasteiger partial charge is 0.270 e. The highest BCUT2D eigenvalue weighted by molar-refractivity contribution is 5.92. The molecule has 3 rings (SSSR count). The van der Waals surface area contributed by atoms with Crippen LogP contribution < -0.4 is 10.1 Å². The molecule has 1 N–H and O–H groups in total. The van der Waals surface area contributed by atoms with Crippen molar-refractivity contribution in [2.24, 2.45) is 0 Å². The summed E-state index contributed by atoms with van der Waals surface area (Å²) in [4.78, 5) is 17.0. The van der Waals surface area contributed by atoms with Crippen molar-refractivity contribution in [2.45, 2.75) is 19.4 Å². The minimum atomic E-state index is -0.350. The van der Waals surface area contributed by atoms with Crippen LogP contribution in [0.2, 0.25) is 0 Å². The average molecular weight is 389 g/mol. The van der Waals surface area contributed by atoms with Gasteiger partial charge in [0.2, 0.25) is 0 Å². The summed E-state index contributed by atoms with van der Waals surface area (Å²) >= 11 is 0. The zero-order valence-electron chi connectivity index (χ0n) is 16.1. The number of amides is 1. The van der Waals surface area contributed by atoms with E-state index in [0.29, 0.717) is 23.4 Å². The maximum Gasteiger partial charge on any atom is 0.270 e. The van der Waals surface area contributed by atoms with Crippen molar-refractivity contribution < 1.29 is 13.9 Å². The van der Waals surface area contributed by atoms with E-state index in [1.54, 1.807) is 32.2 Å². The second kappa shape index (κ2) is 8.98. The van der Waals surface area contributed by atoms with Gasteiger partial charge in [-0.1, -0.05) is 24.3 Å². The SMILES string of the molecule is COc1ccc(C(Cc2ccc(F)cc2)NC(=O)c2ccc(C#N)c(C)n2)cc1. The van der Waals surface area contributed by atoms with E-state index < -0.39 is 0 Å². The fourth-order valence-corrected chi connectivity index (χ4v) is 2.98. The van der Waals surface area contributed by atoms with Crippen LogP contribution in [-0.4, -0.2) is 18.0 Å². The van der Waals surface area contributed by atoms with Gasteiger partial charge in [0.25, 0.3) is 5.91 Å². The van der Waals surface area contributed by atoms with Crippen molar-refractivity contribution in [1.29, 1.82) is 5.26 Å². The predicted molar refractivity (Wildman–Crippen MR) is 107 cm³/mol. The summed E-state index contributed by atoms with van der Waals surface area (Å²) in [7, 11) is 1.59. The standard InChI is InChI=1S/C23H20FN3O2/c1-15-18(14-25)7-12-21(26-15)23(28)27-22(13-16-3-8-19(24)9-4-16)17-5-10-20(29-2)11-6-17/h3-12,22H,13H2,1-2H3,(H,27,28). The lowest BCUT2D eigenvalue weighted by Gasteiger charge is -2.20. The first kappa shape index (κ1) is 20.0. The molecule has 1 amide bonds. The molecule has 0 aliphatic rings. The molecule has 0 saturated carbocycles. The Balaban J connectivity index is 1.87. The lowest BCUT2D eigenvalue weighted by atomic mass is 9.98. The van der Waals surface area contributed by atoms with Gasteiger partial charge in [0.1, 0.15) is 23.3 Å². The highest BCUT2D eigenvalue weighted by Gasteiger charge is 2.18. The topological polar surface area (TPSA) is 75.0 Å². The van der Waals surface area contributed by atoms with Gasteiger partial charge in [0.15, 0.2) is 0 Å². The Kier molecular flexibility index (Phi) is 6.20. The third-order valence-corrected chi connectivity index (χ3v) is 4.62. The predicted octanol–water partition coefficient (Wildman–Crippen LogP) is 4.12. The molecule has 0 radical (unpaired) electrons. The second-order valence-corrected chi connectivity index (χ2v) is 6.57. The van der Waals surface area contributed by atoms with Gasteiger partial charge in [-0.15, -0.1) is 0 Å². The van der Waals surface area contributed by atoms with E-state index in [-0.39, 0.29) is 23.5 Å². The van der Waals surface area contributed by atoms with Crippen molar-refractivity contribution in [3.63, 3.8) is 0 Å². The van der Waals surface area contributed by atoms with Gasteiger partial charge in [-0.3, -0.25) is 4.79 Å². The summed E-state index contributed by atoms with van der Waals surface area (Å²) in [6, 6.07) is 18.4. The average Bonchev–Trinajstić information content (AvgIpc) is 2.74. The van der Waals surface area contributed by atoms with Crippen molar-refractivity contribution >= 4 is 5.91 Å². The van der Waals surface area contributed by atoms with Gasteiger partial charge in [-0.05, 0) is 60.9 Å². The molecular weight excluding hydrogens is 369 g/mol. The van der Waals surface area contributed by atoms with Gasteiger partial charge in [0.05, 0.1) is 24.4 Å². The fourth-order valence-electron chi connectivity index (χ4n) is 2.98. The number of hydrogen-bond acceptors (Lipinski definition) is 4. The number of rotatable bonds is 6. The number of halogens is 1. The molecule has 0 aliphatic carbocycles. The molecule has 1 aromatic heterocycles. The van der Waals surface area contributed by atoms with Crippen molar-refractivity contribution in [3.05, 3.63) is 94.6 Å². The number of pyridine rings is 1. The van der Waals surface area contributed by atoms with Gasteiger partial charge in [-0.2, -0.15) is 5.26 Å². The molecule has 29 heavy (non-hydrogen) atoms. The summed E-state index contributed by atoms with van der Waals surface area (Å²) in [5.74, 6) is 0.0570. The number of aryl methyl sites for hydroxylation is 1. The summed E-state index contributed by atoms with van der Waals surface area (Å²) in [5, 5.41) is 12.0. The molecule has 1 atom stereocenters. The molecule has 0 bridgehead atoms. The van der Waals surface area contributed by atoms with E-state index in [9.17, 15) is 9.18 Å². The van der Waals surface area contributed by atoms with Crippen LogP contribution in [0.1, 0.15) is 38.9 Å². The zero-order chi connectivity index (χ0) is 20.8. The van der Waals surface area contributed by atoms with Crippen molar-refractivity contribution in [1.82, 2.24) is 10.3 Å². The highest BCUT2D eigenvalue weighted by Crippen LogP contribution is 2.22. The van der Waals surface area contributed by atoms with Gasteiger partial charge in [0, 0.05) is 0 Å². The Labute approximate surface area is 168 Å². The van der Waals surface area contributed by atoms with E-state index in [1.807, 2.05) is 30.3 Å². The van der Waals surface area contributed by atoms with Crippen LogP contribution in [0.3, 0.4) is 0 Å². The van der Waals surface area contributed by atoms with E-state index in [1.165, 1.54) is 18.2 Å². The molecule has 0 aliphatic heterocycles. The number of nitrogens with zero attached hydrogens (tertiary/aromatic N) is 2. The number of carbonyl (C=O) groups is 1. The summed E-state index contributed by atoms with van der Waals surface area (Å²) in [6.45, 7) is 1.69. The number of nitriles is 1. The summed E-state index contributed by atoms with van der Waals surface area (Å²) in [5.41, 5.74) is 2.93. The van der Waals surface area contributed by atoms with Gasteiger partial charge < -0.3 is 10.1 Å². The van der Waals surface area contributed by atoms with Gasteiger partial charge in [-0.25, -0.2) is 9.37 Å². The molecule has 146 valence electrons. The normalized spacial score (nSPS) is 11.4. The van der Waals surface area contributed by atoms with Crippen LogP contribution in [-0.2, 0) is 6.42 Å². The summed E-state index contributed by atoms with van der Waals surface area (Å²) in [6.07, 6.45) is 0.480. The molecule has 6 heteroatoms. The largest absolute Gasteiger partial charge is 0.497 e. The first-order valence-electron chi connectivity index (χ1n) is 9.07. The monoisotopic (exact) mass is 389 g/mol. The van der Waals surface area contributed by atoms with Crippen LogP contribution in [0.5, 0.6) is 5.75 Å². The van der Waals surface area contributed by atoms with E-state index in [0.717, 1.165) is 11.1 Å². The number of benzene rings is 2. The van der Waals surface area contributed by atoms with Crippen LogP contribution in [0.4, 0.5) is 4.39 Å². The fraction of sp³-hybridized carbons (Fsp3) is 0.174. The second-order valence-electron chi connectivity index (χ2n) is 6.57. The Morgan fingerprint density at radius 3 is 2.41 bits per heavy atom. The van der Waals surface area contributed by atoms with Gasteiger partial charge >= 0.3 is 0 Å². The third kappa shape index (κ3) is 4.96. The minimum absolute atomic E-state index is 0.235. The highest BCUT2D eigenvalue weighted by atomic mass is 19.1. The quantitative estimate of drug-likeness (QED) is 0.688. The molecular formula is C23H20FN3O2. The first-order chi connectivity index (χ1) is 14.0. The maximum absolute atomic E-state index is 13.2. The molecule has 1 unspecified atom stereocenters. The van der Waals surface area contributed by atoms with Crippen LogP contribution in [0, 0.1) is 24.1 Å².